The second-order valence-corrected chi connectivity index (χ2v) is 8.28. The number of hydrogen-bond acceptors (Lipinski definition) is 5. The molecule has 0 spiro atoms. The van der Waals surface area contributed by atoms with E-state index in [1.54, 1.807) is 13.0 Å². The third-order valence-corrected chi connectivity index (χ3v) is 6.15. The fourth-order valence-electron chi connectivity index (χ4n) is 4.31. The molecule has 0 aliphatic carbocycles. The summed E-state index contributed by atoms with van der Waals surface area (Å²) in [5, 5.41) is 14.4. The summed E-state index contributed by atoms with van der Waals surface area (Å²) in [6.07, 6.45) is -3.74. The number of rotatable bonds is 3. The van der Waals surface area contributed by atoms with Crippen molar-refractivity contribution in [1.29, 1.82) is 0 Å². The molecule has 1 N–H and O–H groups in total. The Bertz CT molecular complexity index is 1400. The Labute approximate surface area is 196 Å². The molecule has 0 radical (unpaired) electrons. The summed E-state index contributed by atoms with van der Waals surface area (Å²) in [7, 11) is 0. The van der Waals surface area contributed by atoms with Crippen LogP contribution in [0.5, 0.6) is 5.75 Å². The summed E-state index contributed by atoms with van der Waals surface area (Å²) >= 11 is 0. The highest BCUT2D eigenvalue weighted by Gasteiger charge is 2.38. The average molecular weight is 489 g/mol. The molecule has 1 aliphatic heterocycles. The van der Waals surface area contributed by atoms with Crippen molar-refractivity contribution in [2.45, 2.75) is 13.1 Å². The molecule has 4 aromatic rings. The molecule has 0 atom stereocenters. The summed E-state index contributed by atoms with van der Waals surface area (Å²) in [5.41, 5.74) is -0.722. The van der Waals surface area contributed by atoms with Crippen LogP contribution < -0.4 is 9.80 Å². The van der Waals surface area contributed by atoms with Crippen LogP contribution >= 0.6 is 0 Å². The molecule has 0 unspecified atom stereocenters. The minimum Gasteiger partial charge on any atom is -0.503 e. The molecule has 2 aromatic heterocycles. The van der Waals surface area contributed by atoms with Crippen molar-refractivity contribution in [3.63, 3.8) is 0 Å². The van der Waals surface area contributed by atoms with Crippen LogP contribution in [0.15, 0.2) is 48.7 Å². The van der Waals surface area contributed by atoms with E-state index in [1.807, 2.05) is 30.3 Å². The second-order valence-electron chi connectivity index (χ2n) is 8.28. The Morgan fingerprint density at radius 3 is 2.23 bits per heavy atom. The van der Waals surface area contributed by atoms with E-state index in [1.165, 1.54) is 6.20 Å². The zero-order valence-electron chi connectivity index (χ0n) is 18.5. The van der Waals surface area contributed by atoms with Gasteiger partial charge in [-0.25, -0.2) is 18.4 Å². The van der Waals surface area contributed by atoms with Crippen molar-refractivity contribution in [3.8, 4) is 11.4 Å². The van der Waals surface area contributed by atoms with Gasteiger partial charge in [-0.05, 0) is 31.2 Å². The van der Waals surface area contributed by atoms with Gasteiger partial charge in [0.25, 0.3) is 0 Å². The monoisotopic (exact) mass is 489 g/mol. The van der Waals surface area contributed by atoms with E-state index < -0.39 is 34.8 Å². The van der Waals surface area contributed by atoms with Crippen molar-refractivity contribution in [3.05, 3.63) is 71.6 Å². The van der Waals surface area contributed by atoms with Crippen molar-refractivity contribution in [1.82, 2.24) is 14.8 Å². The van der Waals surface area contributed by atoms with Gasteiger partial charge < -0.3 is 14.9 Å². The first-order valence-electron chi connectivity index (χ1n) is 10.8. The summed E-state index contributed by atoms with van der Waals surface area (Å²) in [6, 6.07) is 12.1. The van der Waals surface area contributed by atoms with E-state index in [0.29, 0.717) is 36.1 Å². The van der Waals surface area contributed by atoms with Crippen LogP contribution in [0.25, 0.3) is 16.6 Å². The van der Waals surface area contributed by atoms with Crippen LogP contribution in [0.3, 0.4) is 0 Å². The lowest BCUT2D eigenvalue weighted by atomic mass is 10.1. The van der Waals surface area contributed by atoms with Gasteiger partial charge in [0.2, 0.25) is 0 Å². The normalized spacial score (nSPS) is 14.7. The van der Waals surface area contributed by atoms with Crippen LogP contribution in [0.4, 0.5) is 33.5 Å². The lowest BCUT2D eigenvalue weighted by molar-refractivity contribution is -0.140. The topological polar surface area (TPSA) is 57.4 Å². The molecule has 11 heteroatoms. The van der Waals surface area contributed by atoms with Gasteiger partial charge in [0, 0.05) is 37.3 Å². The largest absolute Gasteiger partial charge is 0.503 e. The molecule has 0 amide bonds. The number of aromatic nitrogens is 3. The highest BCUT2D eigenvalue weighted by molar-refractivity contribution is 5.85. The van der Waals surface area contributed by atoms with Crippen LogP contribution in [-0.2, 0) is 6.18 Å². The Balaban J connectivity index is 1.48. The molecule has 1 aliphatic rings. The number of aromatic hydroxyl groups is 1. The van der Waals surface area contributed by atoms with E-state index in [-0.39, 0.29) is 5.52 Å². The molecule has 5 rings (SSSR count). The van der Waals surface area contributed by atoms with Gasteiger partial charge in [-0.2, -0.15) is 18.3 Å². The maximum absolute atomic E-state index is 14.6. The maximum Gasteiger partial charge on any atom is 0.419 e. The number of halogens is 5. The Morgan fingerprint density at radius 2 is 1.57 bits per heavy atom. The van der Waals surface area contributed by atoms with Gasteiger partial charge in [0.15, 0.2) is 17.4 Å². The number of phenolic OH excluding ortho intramolecular Hbond substituents is 1. The number of piperazine rings is 1. The van der Waals surface area contributed by atoms with Crippen molar-refractivity contribution < 1.29 is 27.1 Å². The van der Waals surface area contributed by atoms with E-state index in [4.69, 9.17) is 0 Å². The van der Waals surface area contributed by atoms with Crippen LogP contribution in [0.1, 0.15) is 11.3 Å². The standard InChI is InChI=1S/C24H20F5N5O/c1-14-16-11-20(33-9-7-32(8-10-33)15-5-3-2-4-6-15)30-13-19(16)34(31-14)18-12-17(24(27,28)29)21(25)23(35)22(18)26/h2-6,11-13,35H,7-10H2,1H3. The maximum atomic E-state index is 14.6. The SMILES string of the molecule is Cc1nn(-c2cc(C(F)(F)F)c(F)c(O)c2F)c2cnc(N3CCN(c4ccccc4)CC3)cc12. The van der Waals surface area contributed by atoms with E-state index in [9.17, 15) is 27.1 Å². The first-order valence-corrected chi connectivity index (χ1v) is 10.8. The quantitative estimate of drug-likeness (QED) is 0.408. The Hall–Kier alpha value is -3.89. The first kappa shape index (κ1) is 22.9. The average Bonchev–Trinajstić information content (AvgIpc) is 3.18. The van der Waals surface area contributed by atoms with Gasteiger partial charge in [0.1, 0.15) is 11.5 Å². The number of anilines is 2. The van der Waals surface area contributed by atoms with E-state index >= 15 is 0 Å². The number of fused-ring (bicyclic) bond motifs is 1. The second kappa shape index (κ2) is 8.40. The molecule has 0 saturated carbocycles. The molecule has 6 nitrogen and oxygen atoms in total. The lowest BCUT2D eigenvalue weighted by Crippen LogP contribution is -2.46. The van der Waals surface area contributed by atoms with E-state index in [0.717, 1.165) is 23.5 Å². The van der Waals surface area contributed by atoms with Gasteiger partial charge in [0.05, 0.1) is 23.0 Å². The minimum atomic E-state index is -5.13. The van der Waals surface area contributed by atoms with Gasteiger partial charge in [-0.1, -0.05) is 18.2 Å². The fraction of sp³-hybridized carbons (Fsp3) is 0.250. The molecule has 35 heavy (non-hydrogen) atoms. The number of pyridine rings is 1. The summed E-state index contributed by atoms with van der Waals surface area (Å²) < 4.78 is 69.2. The van der Waals surface area contributed by atoms with Gasteiger partial charge in [-0.15, -0.1) is 0 Å². The van der Waals surface area contributed by atoms with Crippen LogP contribution in [0, 0.1) is 18.6 Å². The number of alkyl halides is 3. The fourth-order valence-corrected chi connectivity index (χ4v) is 4.31. The highest BCUT2D eigenvalue weighted by atomic mass is 19.4. The molecule has 0 bridgehead atoms. The Kier molecular flexibility index (Phi) is 5.49. The smallest absolute Gasteiger partial charge is 0.419 e. The first-order chi connectivity index (χ1) is 16.6. The third kappa shape index (κ3) is 4.00. The highest BCUT2D eigenvalue weighted by Crippen LogP contribution is 2.39. The molecular formula is C24H20F5N5O. The van der Waals surface area contributed by atoms with E-state index in [2.05, 4.69) is 19.9 Å². The molecule has 1 saturated heterocycles. The zero-order chi connectivity index (χ0) is 24.9. The lowest BCUT2D eigenvalue weighted by Gasteiger charge is -2.36. The predicted octanol–water partition coefficient (Wildman–Crippen LogP) is 5.06. The van der Waals surface area contributed by atoms with Gasteiger partial charge >= 0.3 is 6.18 Å². The minimum absolute atomic E-state index is 0.229. The molecule has 3 heterocycles. The molecule has 2 aromatic carbocycles. The number of benzene rings is 2. The van der Waals surface area contributed by atoms with Crippen LogP contribution in [-0.4, -0.2) is 46.1 Å². The van der Waals surface area contributed by atoms with Crippen molar-refractivity contribution in [2.75, 3.05) is 36.0 Å². The summed E-state index contributed by atoms with van der Waals surface area (Å²) in [4.78, 5) is 8.78. The molecule has 1 fully saturated rings. The van der Waals surface area contributed by atoms with Crippen molar-refractivity contribution in [2.24, 2.45) is 0 Å². The van der Waals surface area contributed by atoms with Crippen molar-refractivity contribution >= 4 is 22.4 Å². The third-order valence-electron chi connectivity index (χ3n) is 6.15. The number of phenols is 1. The Morgan fingerprint density at radius 1 is 0.914 bits per heavy atom. The number of aryl methyl sites for hydroxylation is 1. The predicted molar refractivity (Wildman–Crippen MR) is 121 cm³/mol. The van der Waals surface area contributed by atoms with Crippen LogP contribution in [0.2, 0.25) is 0 Å². The molecular weight excluding hydrogens is 469 g/mol. The zero-order valence-corrected chi connectivity index (χ0v) is 18.5. The summed E-state index contributed by atoms with van der Waals surface area (Å²) in [6.45, 7) is 4.60. The number of hydrogen-bond donors (Lipinski definition) is 1. The van der Waals surface area contributed by atoms with Gasteiger partial charge in [-0.3, -0.25) is 0 Å². The summed E-state index contributed by atoms with van der Waals surface area (Å²) in [5.74, 6) is -4.66. The number of para-hydroxylation sites is 1. The number of nitrogens with zero attached hydrogens (tertiary/aromatic N) is 5. The molecule has 182 valence electrons.